The first-order valence-corrected chi connectivity index (χ1v) is 9.87. The molecule has 1 atom stereocenters. The molecule has 1 heterocycles. The van der Waals surface area contributed by atoms with Gasteiger partial charge in [-0.2, -0.15) is 0 Å². The Morgan fingerprint density at radius 1 is 1.10 bits per heavy atom. The molecule has 1 aliphatic heterocycles. The highest BCUT2D eigenvalue weighted by atomic mass is 16.2. The van der Waals surface area contributed by atoms with Crippen LogP contribution in [0.25, 0.3) is 0 Å². The zero-order chi connectivity index (χ0) is 21.0. The van der Waals surface area contributed by atoms with Crippen molar-refractivity contribution >= 4 is 29.1 Å². The fourth-order valence-electron chi connectivity index (χ4n) is 3.58. The van der Waals surface area contributed by atoms with Crippen LogP contribution in [0.2, 0.25) is 0 Å². The van der Waals surface area contributed by atoms with E-state index in [1.165, 1.54) is 6.92 Å². The van der Waals surface area contributed by atoms with Crippen molar-refractivity contribution in [2.75, 3.05) is 16.8 Å². The van der Waals surface area contributed by atoms with Crippen LogP contribution in [0.5, 0.6) is 0 Å². The molecule has 0 spiro atoms. The molecule has 0 saturated carbocycles. The van der Waals surface area contributed by atoms with Crippen LogP contribution < -0.4 is 10.2 Å². The number of amides is 3. The zero-order valence-corrected chi connectivity index (χ0v) is 17.1. The van der Waals surface area contributed by atoms with Gasteiger partial charge in [0.15, 0.2) is 0 Å². The SMILES string of the molecule is CC(=O)Nc1ccc(N2CC(C(=O)N(Cc3ccccc3)C(C)C)CC2=O)cc1. The van der Waals surface area contributed by atoms with E-state index in [1.54, 1.807) is 29.2 Å². The molecule has 2 aromatic rings. The lowest BCUT2D eigenvalue weighted by atomic mass is 10.1. The van der Waals surface area contributed by atoms with Gasteiger partial charge in [0.05, 0.1) is 5.92 Å². The van der Waals surface area contributed by atoms with Crippen LogP contribution in [-0.4, -0.2) is 35.2 Å². The second-order valence-corrected chi connectivity index (χ2v) is 7.68. The molecule has 3 rings (SSSR count). The van der Waals surface area contributed by atoms with Crippen LogP contribution in [0.3, 0.4) is 0 Å². The molecule has 29 heavy (non-hydrogen) atoms. The summed E-state index contributed by atoms with van der Waals surface area (Å²) in [6.07, 6.45) is 0.213. The Balaban J connectivity index is 1.70. The van der Waals surface area contributed by atoms with Crippen molar-refractivity contribution in [2.45, 2.75) is 39.8 Å². The van der Waals surface area contributed by atoms with E-state index < -0.39 is 0 Å². The van der Waals surface area contributed by atoms with E-state index in [2.05, 4.69) is 5.32 Å². The summed E-state index contributed by atoms with van der Waals surface area (Å²) in [6.45, 7) is 6.35. The molecule has 0 radical (unpaired) electrons. The van der Waals surface area contributed by atoms with Gasteiger partial charge in [0.2, 0.25) is 17.7 Å². The number of nitrogens with one attached hydrogen (secondary N) is 1. The first kappa shape index (κ1) is 20.6. The fourth-order valence-corrected chi connectivity index (χ4v) is 3.58. The molecule has 6 heteroatoms. The first-order chi connectivity index (χ1) is 13.8. The highest BCUT2D eigenvalue weighted by Gasteiger charge is 2.37. The molecule has 1 N–H and O–H groups in total. The Morgan fingerprint density at radius 3 is 2.34 bits per heavy atom. The van der Waals surface area contributed by atoms with Gasteiger partial charge in [-0.1, -0.05) is 30.3 Å². The Bertz CT molecular complexity index is 878. The van der Waals surface area contributed by atoms with Gasteiger partial charge in [-0.05, 0) is 43.7 Å². The lowest BCUT2D eigenvalue weighted by molar-refractivity contribution is -0.138. The zero-order valence-electron chi connectivity index (χ0n) is 17.1. The van der Waals surface area contributed by atoms with Crippen molar-refractivity contribution in [1.82, 2.24) is 4.90 Å². The molecule has 152 valence electrons. The summed E-state index contributed by atoms with van der Waals surface area (Å²) in [5.74, 6) is -0.551. The maximum absolute atomic E-state index is 13.2. The van der Waals surface area contributed by atoms with E-state index in [0.717, 1.165) is 11.3 Å². The van der Waals surface area contributed by atoms with Crippen LogP contribution >= 0.6 is 0 Å². The molecule has 2 aromatic carbocycles. The second kappa shape index (κ2) is 8.90. The van der Waals surface area contributed by atoms with Crippen molar-refractivity contribution in [1.29, 1.82) is 0 Å². The van der Waals surface area contributed by atoms with Gasteiger partial charge in [0.1, 0.15) is 0 Å². The molecule has 0 bridgehead atoms. The van der Waals surface area contributed by atoms with Crippen LogP contribution in [0.15, 0.2) is 54.6 Å². The molecule has 0 aliphatic carbocycles. The molecule has 6 nitrogen and oxygen atoms in total. The highest BCUT2D eigenvalue weighted by Crippen LogP contribution is 2.28. The maximum atomic E-state index is 13.2. The quantitative estimate of drug-likeness (QED) is 0.817. The van der Waals surface area contributed by atoms with Gasteiger partial charge in [-0.15, -0.1) is 0 Å². The molecular weight excluding hydrogens is 366 g/mol. The highest BCUT2D eigenvalue weighted by molar-refractivity contribution is 6.00. The summed E-state index contributed by atoms with van der Waals surface area (Å²) in [4.78, 5) is 40.4. The number of hydrogen-bond acceptors (Lipinski definition) is 3. The number of carbonyl (C=O) groups excluding carboxylic acids is 3. The largest absolute Gasteiger partial charge is 0.336 e. The Labute approximate surface area is 171 Å². The Morgan fingerprint density at radius 2 is 1.76 bits per heavy atom. The standard InChI is InChI=1S/C23H27N3O3/c1-16(2)25(14-18-7-5-4-6-8-18)23(29)19-13-22(28)26(15-19)21-11-9-20(10-12-21)24-17(3)27/h4-12,16,19H,13-15H2,1-3H3,(H,24,27). The Kier molecular flexibility index (Phi) is 6.32. The fraction of sp³-hybridized carbons (Fsp3) is 0.348. The number of rotatable bonds is 6. The van der Waals surface area contributed by atoms with Gasteiger partial charge in [-0.25, -0.2) is 0 Å². The predicted molar refractivity (Wildman–Crippen MR) is 113 cm³/mol. The summed E-state index contributed by atoms with van der Waals surface area (Å²) in [5.41, 5.74) is 2.48. The normalized spacial score (nSPS) is 16.2. The maximum Gasteiger partial charge on any atom is 0.228 e. The van der Waals surface area contributed by atoms with Gasteiger partial charge in [-0.3, -0.25) is 14.4 Å². The van der Waals surface area contributed by atoms with Gasteiger partial charge in [0.25, 0.3) is 0 Å². The number of nitrogens with zero attached hydrogens (tertiary/aromatic N) is 2. The second-order valence-electron chi connectivity index (χ2n) is 7.68. The third kappa shape index (κ3) is 5.02. The van der Waals surface area contributed by atoms with Crippen molar-refractivity contribution in [3.05, 3.63) is 60.2 Å². The number of benzene rings is 2. The summed E-state index contributed by atoms with van der Waals surface area (Å²) in [7, 11) is 0. The minimum Gasteiger partial charge on any atom is -0.336 e. The number of carbonyl (C=O) groups is 3. The summed E-state index contributed by atoms with van der Waals surface area (Å²) in [6, 6.07) is 17.0. The average molecular weight is 393 g/mol. The van der Waals surface area contributed by atoms with E-state index in [0.29, 0.717) is 18.8 Å². The minimum atomic E-state index is -0.358. The third-order valence-electron chi connectivity index (χ3n) is 5.08. The average Bonchev–Trinajstić information content (AvgIpc) is 3.08. The predicted octanol–water partition coefficient (Wildman–Crippen LogP) is 3.44. The monoisotopic (exact) mass is 393 g/mol. The van der Waals surface area contributed by atoms with E-state index in [1.807, 2.05) is 49.1 Å². The third-order valence-corrected chi connectivity index (χ3v) is 5.08. The number of hydrogen-bond donors (Lipinski definition) is 1. The lowest BCUT2D eigenvalue weighted by Gasteiger charge is -2.29. The smallest absolute Gasteiger partial charge is 0.228 e. The van der Waals surface area contributed by atoms with Crippen molar-refractivity contribution in [3.8, 4) is 0 Å². The molecule has 3 amide bonds. The van der Waals surface area contributed by atoms with Gasteiger partial charge in [0, 0.05) is 43.9 Å². The Hall–Kier alpha value is -3.15. The van der Waals surface area contributed by atoms with E-state index in [-0.39, 0.29) is 36.1 Å². The first-order valence-electron chi connectivity index (χ1n) is 9.87. The molecule has 1 aliphatic rings. The van der Waals surface area contributed by atoms with Crippen LogP contribution in [-0.2, 0) is 20.9 Å². The molecular formula is C23H27N3O3. The minimum absolute atomic E-state index is 0.00886. The van der Waals surface area contributed by atoms with Crippen LogP contribution in [0.4, 0.5) is 11.4 Å². The molecule has 1 saturated heterocycles. The van der Waals surface area contributed by atoms with Crippen molar-refractivity contribution < 1.29 is 14.4 Å². The van der Waals surface area contributed by atoms with Crippen LogP contribution in [0, 0.1) is 5.92 Å². The van der Waals surface area contributed by atoms with E-state index in [4.69, 9.17) is 0 Å². The van der Waals surface area contributed by atoms with E-state index >= 15 is 0 Å². The van der Waals surface area contributed by atoms with Crippen molar-refractivity contribution in [3.63, 3.8) is 0 Å². The van der Waals surface area contributed by atoms with E-state index in [9.17, 15) is 14.4 Å². The van der Waals surface area contributed by atoms with Crippen molar-refractivity contribution in [2.24, 2.45) is 5.92 Å². The number of anilines is 2. The molecule has 1 unspecified atom stereocenters. The van der Waals surface area contributed by atoms with Crippen LogP contribution in [0.1, 0.15) is 32.8 Å². The molecule has 0 aromatic heterocycles. The lowest BCUT2D eigenvalue weighted by Crippen LogP contribution is -2.41. The van der Waals surface area contributed by atoms with Gasteiger partial charge < -0.3 is 15.1 Å². The molecule has 1 fully saturated rings. The van der Waals surface area contributed by atoms with Gasteiger partial charge >= 0.3 is 0 Å². The summed E-state index contributed by atoms with van der Waals surface area (Å²) >= 11 is 0. The topological polar surface area (TPSA) is 69.7 Å². The summed E-state index contributed by atoms with van der Waals surface area (Å²) in [5, 5.41) is 2.71. The summed E-state index contributed by atoms with van der Waals surface area (Å²) < 4.78 is 0.